The van der Waals surface area contributed by atoms with Crippen LogP contribution in [0.1, 0.15) is 32.3 Å². The number of rotatable bonds is 1. The molecule has 0 bridgehead atoms. The maximum atomic E-state index is 12.0. The number of carbonyl (C=O) groups is 1. The molecule has 1 heteroatoms. The number of Topliss-reactive ketones (excluding diaryl/α,β-unsaturated/α-hetero) is 1. The predicted octanol–water partition coefficient (Wildman–Crippen LogP) is 3.46. The lowest BCUT2D eigenvalue weighted by Crippen LogP contribution is -2.17. The molecule has 1 aliphatic carbocycles. The molecule has 0 aliphatic heterocycles. The summed E-state index contributed by atoms with van der Waals surface area (Å²) in [5, 5.41) is 0. The highest BCUT2D eigenvalue weighted by Crippen LogP contribution is 2.37. The molecule has 0 radical (unpaired) electrons. The molecule has 1 aromatic rings. The Morgan fingerprint density at radius 2 is 1.87 bits per heavy atom. The third-order valence-corrected chi connectivity index (χ3v) is 3.07. The fourth-order valence-corrected chi connectivity index (χ4v) is 2.00. The Bertz CT molecular complexity index is 399. The van der Waals surface area contributed by atoms with Crippen molar-refractivity contribution in [3.05, 3.63) is 41.5 Å². The second-order valence-electron chi connectivity index (χ2n) is 4.79. The van der Waals surface area contributed by atoms with E-state index in [-0.39, 0.29) is 5.41 Å². The first-order valence-electron chi connectivity index (χ1n) is 5.40. The second-order valence-corrected chi connectivity index (χ2v) is 4.79. The van der Waals surface area contributed by atoms with Crippen molar-refractivity contribution in [2.45, 2.75) is 26.7 Å². The van der Waals surface area contributed by atoms with Gasteiger partial charge >= 0.3 is 0 Å². The molecule has 0 spiro atoms. The quantitative estimate of drug-likeness (QED) is 0.634. The van der Waals surface area contributed by atoms with Crippen LogP contribution in [0.3, 0.4) is 0 Å². The van der Waals surface area contributed by atoms with E-state index in [0.717, 1.165) is 24.0 Å². The molecule has 1 saturated carbocycles. The molecule has 0 amide bonds. The Hall–Kier alpha value is -1.37. The molecule has 0 atom stereocenters. The first kappa shape index (κ1) is 10.2. The minimum Gasteiger partial charge on any atom is -0.294 e. The van der Waals surface area contributed by atoms with Crippen LogP contribution < -0.4 is 0 Å². The van der Waals surface area contributed by atoms with E-state index in [0.29, 0.717) is 5.78 Å². The minimum atomic E-state index is -0.152. The zero-order valence-corrected chi connectivity index (χ0v) is 9.29. The summed E-state index contributed by atoms with van der Waals surface area (Å²) in [5.41, 5.74) is 1.95. The van der Waals surface area contributed by atoms with Crippen LogP contribution in [-0.2, 0) is 4.79 Å². The zero-order chi connectivity index (χ0) is 10.9. The molecule has 1 nitrogen and oxygen atoms in total. The Morgan fingerprint density at radius 3 is 2.40 bits per heavy atom. The molecule has 1 fully saturated rings. The largest absolute Gasteiger partial charge is 0.294 e. The standard InChI is InChI=1S/C14H16O/c1-14(2)9-8-12(13(14)15)10-11-6-4-3-5-7-11/h3-7,10H,8-9H2,1-2H3. The monoisotopic (exact) mass is 200 g/mol. The summed E-state index contributed by atoms with van der Waals surface area (Å²) < 4.78 is 0. The highest BCUT2D eigenvalue weighted by Gasteiger charge is 2.36. The van der Waals surface area contributed by atoms with E-state index >= 15 is 0 Å². The van der Waals surface area contributed by atoms with Crippen molar-refractivity contribution in [3.63, 3.8) is 0 Å². The molecule has 2 rings (SSSR count). The predicted molar refractivity (Wildman–Crippen MR) is 62.4 cm³/mol. The van der Waals surface area contributed by atoms with Gasteiger partial charge in [-0.25, -0.2) is 0 Å². The number of allylic oxidation sites excluding steroid dienone is 1. The average Bonchev–Trinajstić information content (AvgIpc) is 2.47. The Labute approximate surface area is 90.8 Å². The number of ketones is 1. The fourth-order valence-electron chi connectivity index (χ4n) is 2.00. The third kappa shape index (κ3) is 2.01. The molecular weight excluding hydrogens is 184 g/mol. The molecule has 1 aliphatic rings. The van der Waals surface area contributed by atoms with Crippen molar-refractivity contribution in [1.82, 2.24) is 0 Å². The molecule has 0 unspecified atom stereocenters. The summed E-state index contributed by atoms with van der Waals surface area (Å²) in [4.78, 5) is 12.0. The van der Waals surface area contributed by atoms with Gasteiger partial charge in [-0.1, -0.05) is 44.2 Å². The van der Waals surface area contributed by atoms with Gasteiger partial charge in [0.2, 0.25) is 0 Å². The summed E-state index contributed by atoms with van der Waals surface area (Å²) in [5.74, 6) is 0.311. The van der Waals surface area contributed by atoms with E-state index in [1.54, 1.807) is 0 Å². The zero-order valence-electron chi connectivity index (χ0n) is 9.29. The van der Waals surface area contributed by atoms with Gasteiger partial charge in [0.05, 0.1) is 0 Å². The summed E-state index contributed by atoms with van der Waals surface area (Å²) >= 11 is 0. The van der Waals surface area contributed by atoms with Crippen molar-refractivity contribution in [2.24, 2.45) is 5.41 Å². The van der Waals surface area contributed by atoms with Crippen LogP contribution in [0.2, 0.25) is 0 Å². The van der Waals surface area contributed by atoms with E-state index < -0.39 is 0 Å². The van der Waals surface area contributed by atoms with Crippen LogP contribution in [0, 0.1) is 5.41 Å². The lowest BCUT2D eigenvalue weighted by molar-refractivity contribution is -0.121. The van der Waals surface area contributed by atoms with Gasteiger partial charge in [0, 0.05) is 5.41 Å². The van der Waals surface area contributed by atoms with Gasteiger partial charge in [-0.3, -0.25) is 4.79 Å². The first-order valence-corrected chi connectivity index (χ1v) is 5.40. The molecule has 0 heterocycles. The van der Waals surface area contributed by atoms with Crippen LogP contribution in [0.5, 0.6) is 0 Å². The van der Waals surface area contributed by atoms with Crippen LogP contribution in [0.15, 0.2) is 35.9 Å². The van der Waals surface area contributed by atoms with Crippen molar-refractivity contribution >= 4 is 11.9 Å². The number of hydrogen-bond donors (Lipinski definition) is 0. The Balaban J connectivity index is 2.27. The molecular formula is C14H16O. The molecule has 78 valence electrons. The SMILES string of the molecule is CC1(C)CCC(=Cc2ccccc2)C1=O. The highest BCUT2D eigenvalue weighted by atomic mass is 16.1. The van der Waals surface area contributed by atoms with Crippen LogP contribution in [0.4, 0.5) is 0 Å². The lowest BCUT2D eigenvalue weighted by Gasteiger charge is -2.12. The first-order chi connectivity index (χ1) is 7.09. The molecule has 0 aromatic heterocycles. The molecule has 15 heavy (non-hydrogen) atoms. The van der Waals surface area contributed by atoms with Crippen LogP contribution >= 0.6 is 0 Å². The van der Waals surface area contributed by atoms with Gasteiger partial charge in [-0.2, -0.15) is 0 Å². The normalized spacial score (nSPS) is 22.3. The van der Waals surface area contributed by atoms with E-state index in [1.807, 2.05) is 50.3 Å². The number of carbonyl (C=O) groups excluding carboxylic acids is 1. The summed E-state index contributed by atoms with van der Waals surface area (Å²) in [7, 11) is 0. The Kier molecular flexibility index (Phi) is 2.47. The van der Waals surface area contributed by atoms with Gasteiger partial charge in [0.15, 0.2) is 5.78 Å². The van der Waals surface area contributed by atoms with Crippen molar-refractivity contribution in [1.29, 1.82) is 0 Å². The number of benzene rings is 1. The van der Waals surface area contributed by atoms with E-state index in [2.05, 4.69) is 0 Å². The van der Waals surface area contributed by atoms with Crippen molar-refractivity contribution in [2.75, 3.05) is 0 Å². The maximum absolute atomic E-state index is 12.0. The lowest BCUT2D eigenvalue weighted by atomic mass is 9.90. The van der Waals surface area contributed by atoms with Crippen LogP contribution in [0.25, 0.3) is 6.08 Å². The summed E-state index contributed by atoms with van der Waals surface area (Å²) in [6.07, 6.45) is 3.92. The molecule has 1 aromatic carbocycles. The fraction of sp³-hybridized carbons (Fsp3) is 0.357. The topological polar surface area (TPSA) is 17.1 Å². The van der Waals surface area contributed by atoms with Gasteiger partial charge in [-0.15, -0.1) is 0 Å². The second kappa shape index (κ2) is 3.65. The molecule has 0 saturated heterocycles. The number of hydrogen-bond acceptors (Lipinski definition) is 1. The smallest absolute Gasteiger partial charge is 0.164 e. The Morgan fingerprint density at radius 1 is 1.20 bits per heavy atom. The van der Waals surface area contributed by atoms with Gasteiger partial charge < -0.3 is 0 Å². The minimum absolute atomic E-state index is 0.152. The summed E-state index contributed by atoms with van der Waals surface area (Å²) in [6.45, 7) is 4.06. The highest BCUT2D eigenvalue weighted by molar-refractivity contribution is 6.05. The third-order valence-electron chi connectivity index (χ3n) is 3.07. The van der Waals surface area contributed by atoms with Crippen molar-refractivity contribution < 1.29 is 4.79 Å². The van der Waals surface area contributed by atoms with Gasteiger partial charge in [0.1, 0.15) is 0 Å². The van der Waals surface area contributed by atoms with Gasteiger partial charge in [0.25, 0.3) is 0 Å². The van der Waals surface area contributed by atoms with E-state index in [1.165, 1.54) is 0 Å². The van der Waals surface area contributed by atoms with E-state index in [9.17, 15) is 4.79 Å². The van der Waals surface area contributed by atoms with Gasteiger partial charge in [-0.05, 0) is 30.1 Å². The molecule has 0 N–H and O–H groups in total. The summed E-state index contributed by atoms with van der Waals surface area (Å²) in [6, 6.07) is 10.0. The maximum Gasteiger partial charge on any atom is 0.164 e. The average molecular weight is 200 g/mol. The van der Waals surface area contributed by atoms with Crippen molar-refractivity contribution in [3.8, 4) is 0 Å². The van der Waals surface area contributed by atoms with E-state index in [4.69, 9.17) is 0 Å². The van der Waals surface area contributed by atoms with Crippen LogP contribution in [-0.4, -0.2) is 5.78 Å².